The smallest absolute Gasteiger partial charge is 0.0897 e. The monoisotopic (exact) mass is 201 g/mol. The van der Waals surface area contributed by atoms with E-state index in [9.17, 15) is 5.11 Å². The van der Waals surface area contributed by atoms with Gasteiger partial charge in [0.25, 0.3) is 0 Å². The number of aliphatic hydroxyl groups excluding tert-OH is 1. The fraction of sp³-hybridized carbons (Fsp3) is 1.00. The van der Waals surface area contributed by atoms with Crippen molar-refractivity contribution in [3.05, 3.63) is 0 Å². The van der Waals surface area contributed by atoms with Gasteiger partial charge in [0, 0.05) is 13.2 Å². The first kappa shape index (κ1) is 12.0. The van der Waals surface area contributed by atoms with E-state index in [4.69, 9.17) is 4.74 Å². The second-order valence-electron chi connectivity index (χ2n) is 4.18. The Morgan fingerprint density at radius 2 is 2.29 bits per heavy atom. The van der Waals surface area contributed by atoms with E-state index < -0.39 is 0 Å². The van der Waals surface area contributed by atoms with Gasteiger partial charge in [-0.05, 0) is 31.7 Å². The zero-order valence-corrected chi connectivity index (χ0v) is 9.17. The molecule has 0 heterocycles. The molecule has 2 N–H and O–H groups in total. The molecule has 1 fully saturated rings. The van der Waals surface area contributed by atoms with Crippen LogP contribution in [0.25, 0.3) is 0 Å². The predicted molar refractivity (Wildman–Crippen MR) is 57.3 cm³/mol. The Bertz CT molecular complexity index is 137. The lowest BCUT2D eigenvalue weighted by atomic mass is 10.3. The predicted octanol–water partition coefficient (Wildman–Crippen LogP) is 1.16. The van der Waals surface area contributed by atoms with Crippen molar-refractivity contribution < 1.29 is 9.84 Å². The van der Waals surface area contributed by atoms with Crippen LogP contribution in [0.1, 0.15) is 32.6 Å². The third kappa shape index (κ3) is 6.35. The summed E-state index contributed by atoms with van der Waals surface area (Å²) in [4.78, 5) is 0. The van der Waals surface area contributed by atoms with Crippen molar-refractivity contribution in [1.29, 1.82) is 0 Å². The number of hydrogen-bond donors (Lipinski definition) is 2. The summed E-state index contributed by atoms with van der Waals surface area (Å²) in [5.41, 5.74) is 0. The molecule has 0 aliphatic heterocycles. The zero-order valence-electron chi connectivity index (χ0n) is 9.17. The molecule has 1 atom stereocenters. The second kappa shape index (κ2) is 7.21. The van der Waals surface area contributed by atoms with Crippen LogP contribution < -0.4 is 5.32 Å². The topological polar surface area (TPSA) is 41.5 Å². The Morgan fingerprint density at radius 3 is 2.93 bits per heavy atom. The summed E-state index contributed by atoms with van der Waals surface area (Å²) in [6.07, 6.45) is 4.61. The van der Waals surface area contributed by atoms with Gasteiger partial charge in [0.2, 0.25) is 0 Å². The number of ether oxygens (including phenoxy) is 1. The third-order valence-electron chi connectivity index (χ3n) is 2.46. The Balaban J connectivity index is 1.79. The van der Waals surface area contributed by atoms with Crippen molar-refractivity contribution in [3.63, 3.8) is 0 Å². The van der Waals surface area contributed by atoms with Crippen molar-refractivity contribution in [2.45, 2.75) is 38.7 Å². The van der Waals surface area contributed by atoms with Gasteiger partial charge in [0.05, 0.1) is 12.7 Å². The number of nitrogens with one attached hydrogen (secondary N) is 1. The lowest BCUT2D eigenvalue weighted by Crippen LogP contribution is -2.31. The fourth-order valence-electron chi connectivity index (χ4n) is 1.30. The van der Waals surface area contributed by atoms with E-state index in [1.807, 2.05) is 0 Å². The molecule has 3 nitrogen and oxygen atoms in total. The van der Waals surface area contributed by atoms with Gasteiger partial charge in [-0.3, -0.25) is 0 Å². The highest BCUT2D eigenvalue weighted by Crippen LogP contribution is 2.27. The van der Waals surface area contributed by atoms with Crippen LogP contribution in [0.5, 0.6) is 0 Å². The van der Waals surface area contributed by atoms with Crippen LogP contribution >= 0.6 is 0 Å². The van der Waals surface area contributed by atoms with Crippen LogP contribution in [0.2, 0.25) is 0 Å². The van der Waals surface area contributed by atoms with Crippen molar-refractivity contribution in [1.82, 2.24) is 5.32 Å². The molecule has 0 aromatic rings. The van der Waals surface area contributed by atoms with E-state index in [1.165, 1.54) is 12.8 Å². The molecule has 84 valence electrons. The molecular formula is C11H23NO2. The highest BCUT2D eigenvalue weighted by atomic mass is 16.5. The average molecular weight is 201 g/mol. The van der Waals surface area contributed by atoms with Crippen molar-refractivity contribution in [2.75, 3.05) is 26.3 Å². The van der Waals surface area contributed by atoms with E-state index >= 15 is 0 Å². The first-order valence-corrected chi connectivity index (χ1v) is 5.79. The maximum Gasteiger partial charge on any atom is 0.0897 e. The molecular weight excluding hydrogens is 178 g/mol. The van der Waals surface area contributed by atoms with Crippen LogP contribution in [-0.2, 0) is 4.74 Å². The van der Waals surface area contributed by atoms with Crippen LogP contribution in [0.15, 0.2) is 0 Å². The largest absolute Gasteiger partial charge is 0.389 e. The van der Waals surface area contributed by atoms with Gasteiger partial charge in [0.1, 0.15) is 0 Å². The third-order valence-corrected chi connectivity index (χ3v) is 2.46. The lowest BCUT2D eigenvalue weighted by Gasteiger charge is -2.11. The van der Waals surface area contributed by atoms with E-state index in [-0.39, 0.29) is 6.10 Å². The molecule has 1 saturated carbocycles. The standard InChI is InChI=1S/C11H23NO2/c1-2-3-6-14-9-11(13)8-12-7-10-4-5-10/h10-13H,2-9H2,1H3. The van der Waals surface area contributed by atoms with Gasteiger partial charge in [-0.15, -0.1) is 0 Å². The number of unbranched alkanes of at least 4 members (excludes halogenated alkanes) is 1. The van der Waals surface area contributed by atoms with Gasteiger partial charge in [-0.25, -0.2) is 0 Å². The molecule has 3 heteroatoms. The maximum absolute atomic E-state index is 9.49. The summed E-state index contributed by atoms with van der Waals surface area (Å²) in [7, 11) is 0. The minimum absolute atomic E-state index is 0.342. The van der Waals surface area contributed by atoms with Crippen LogP contribution in [0, 0.1) is 5.92 Å². The SMILES string of the molecule is CCCCOCC(O)CNCC1CC1. The quantitative estimate of drug-likeness (QED) is 0.550. The molecule has 1 aliphatic carbocycles. The first-order chi connectivity index (χ1) is 6.83. The summed E-state index contributed by atoms with van der Waals surface area (Å²) in [5.74, 6) is 0.878. The Labute approximate surface area is 86.8 Å². The highest BCUT2D eigenvalue weighted by molar-refractivity contribution is 4.75. The lowest BCUT2D eigenvalue weighted by molar-refractivity contribution is 0.0359. The average Bonchev–Trinajstić information content (AvgIpc) is 2.96. The Morgan fingerprint density at radius 1 is 1.50 bits per heavy atom. The Kier molecular flexibility index (Phi) is 6.15. The summed E-state index contributed by atoms with van der Waals surface area (Å²) in [6.45, 7) is 5.11. The maximum atomic E-state index is 9.49. The van der Waals surface area contributed by atoms with Crippen molar-refractivity contribution in [3.8, 4) is 0 Å². The van der Waals surface area contributed by atoms with Crippen molar-refractivity contribution >= 4 is 0 Å². The van der Waals surface area contributed by atoms with E-state index in [0.717, 1.165) is 31.9 Å². The van der Waals surface area contributed by atoms with Gasteiger partial charge < -0.3 is 15.2 Å². The summed E-state index contributed by atoms with van der Waals surface area (Å²) in [6, 6.07) is 0. The normalized spacial score (nSPS) is 18.4. The molecule has 14 heavy (non-hydrogen) atoms. The molecule has 0 saturated heterocycles. The van der Waals surface area contributed by atoms with Crippen molar-refractivity contribution in [2.24, 2.45) is 5.92 Å². The van der Waals surface area contributed by atoms with E-state index in [0.29, 0.717) is 13.2 Å². The van der Waals surface area contributed by atoms with Gasteiger partial charge in [-0.2, -0.15) is 0 Å². The summed E-state index contributed by atoms with van der Waals surface area (Å²) < 4.78 is 5.32. The first-order valence-electron chi connectivity index (χ1n) is 5.79. The van der Waals surface area contributed by atoms with Gasteiger partial charge in [-0.1, -0.05) is 13.3 Å². The van der Waals surface area contributed by atoms with E-state index in [2.05, 4.69) is 12.2 Å². The molecule has 0 aromatic carbocycles. The minimum Gasteiger partial charge on any atom is -0.389 e. The number of rotatable bonds is 9. The van der Waals surface area contributed by atoms with Crippen LogP contribution in [0.3, 0.4) is 0 Å². The highest BCUT2D eigenvalue weighted by Gasteiger charge is 2.20. The summed E-state index contributed by atoms with van der Waals surface area (Å²) >= 11 is 0. The molecule has 0 radical (unpaired) electrons. The fourth-order valence-corrected chi connectivity index (χ4v) is 1.30. The van der Waals surface area contributed by atoms with Gasteiger partial charge >= 0.3 is 0 Å². The molecule has 1 rings (SSSR count). The summed E-state index contributed by atoms with van der Waals surface area (Å²) in [5, 5.41) is 12.8. The molecule has 1 unspecified atom stereocenters. The number of aliphatic hydroxyl groups is 1. The molecule has 0 spiro atoms. The van der Waals surface area contributed by atoms with E-state index in [1.54, 1.807) is 0 Å². The molecule has 1 aliphatic rings. The van der Waals surface area contributed by atoms with Crippen LogP contribution in [0.4, 0.5) is 0 Å². The molecule has 0 bridgehead atoms. The van der Waals surface area contributed by atoms with Crippen LogP contribution in [-0.4, -0.2) is 37.5 Å². The Hall–Kier alpha value is -0.120. The number of hydrogen-bond acceptors (Lipinski definition) is 3. The minimum atomic E-state index is -0.342. The molecule has 0 aromatic heterocycles. The molecule has 0 amide bonds. The van der Waals surface area contributed by atoms with Gasteiger partial charge in [0.15, 0.2) is 0 Å². The second-order valence-corrected chi connectivity index (χ2v) is 4.18. The zero-order chi connectivity index (χ0) is 10.2.